The molecule has 0 fully saturated rings. The van der Waals surface area contributed by atoms with Gasteiger partial charge in [-0.2, -0.15) is 0 Å². The SMILES string of the molecule is O=C(O)c1cncnc1CNc1cc(Br)c(F)cc1F. The second kappa shape index (κ2) is 5.91. The summed E-state index contributed by atoms with van der Waals surface area (Å²) >= 11 is 2.94. The highest BCUT2D eigenvalue weighted by Gasteiger charge is 2.13. The first-order chi connectivity index (χ1) is 9.49. The van der Waals surface area contributed by atoms with Crippen molar-refractivity contribution in [3.8, 4) is 0 Å². The Balaban J connectivity index is 2.21. The number of carboxylic acids is 1. The third kappa shape index (κ3) is 3.08. The van der Waals surface area contributed by atoms with E-state index in [2.05, 4.69) is 31.2 Å². The minimum Gasteiger partial charge on any atom is -0.478 e. The maximum atomic E-state index is 13.5. The zero-order valence-electron chi connectivity index (χ0n) is 9.90. The van der Waals surface area contributed by atoms with Crippen molar-refractivity contribution in [2.24, 2.45) is 0 Å². The van der Waals surface area contributed by atoms with Crippen LogP contribution in [0.5, 0.6) is 0 Å². The normalized spacial score (nSPS) is 10.3. The van der Waals surface area contributed by atoms with Crippen LogP contribution < -0.4 is 5.32 Å². The Morgan fingerprint density at radius 1 is 1.35 bits per heavy atom. The smallest absolute Gasteiger partial charge is 0.339 e. The van der Waals surface area contributed by atoms with Gasteiger partial charge in [-0.1, -0.05) is 0 Å². The summed E-state index contributed by atoms with van der Waals surface area (Å²) in [6.07, 6.45) is 2.35. The van der Waals surface area contributed by atoms with E-state index in [4.69, 9.17) is 5.11 Å². The van der Waals surface area contributed by atoms with Gasteiger partial charge < -0.3 is 10.4 Å². The fourth-order valence-electron chi connectivity index (χ4n) is 1.51. The predicted molar refractivity (Wildman–Crippen MR) is 70.4 cm³/mol. The summed E-state index contributed by atoms with van der Waals surface area (Å²) in [6.45, 7) is -0.0286. The van der Waals surface area contributed by atoms with E-state index in [1.165, 1.54) is 12.4 Å². The van der Waals surface area contributed by atoms with Gasteiger partial charge in [0.05, 0.1) is 22.4 Å². The van der Waals surface area contributed by atoms with E-state index < -0.39 is 17.6 Å². The number of hydrogen-bond acceptors (Lipinski definition) is 4. The summed E-state index contributed by atoms with van der Waals surface area (Å²) in [6, 6.07) is 1.96. The Hall–Kier alpha value is -2.09. The minimum absolute atomic E-state index is 0.0286. The lowest BCUT2D eigenvalue weighted by molar-refractivity contribution is 0.0694. The van der Waals surface area contributed by atoms with Crippen LogP contribution in [0.2, 0.25) is 0 Å². The molecule has 8 heteroatoms. The van der Waals surface area contributed by atoms with Crippen molar-refractivity contribution in [3.05, 3.63) is 52.0 Å². The number of carbonyl (C=O) groups is 1. The number of carboxylic acid groups (broad SMARTS) is 1. The van der Waals surface area contributed by atoms with E-state index in [-0.39, 0.29) is 28.0 Å². The van der Waals surface area contributed by atoms with Crippen molar-refractivity contribution in [3.63, 3.8) is 0 Å². The van der Waals surface area contributed by atoms with Crippen LogP contribution in [0.15, 0.2) is 29.1 Å². The van der Waals surface area contributed by atoms with Crippen molar-refractivity contribution >= 4 is 27.6 Å². The van der Waals surface area contributed by atoms with Crippen LogP contribution in [0, 0.1) is 11.6 Å². The minimum atomic E-state index is -1.18. The molecule has 0 saturated heterocycles. The lowest BCUT2D eigenvalue weighted by Gasteiger charge is -2.09. The van der Waals surface area contributed by atoms with Gasteiger partial charge in [0.1, 0.15) is 23.5 Å². The first-order valence-electron chi connectivity index (χ1n) is 5.39. The van der Waals surface area contributed by atoms with Crippen LogP contribution >= 0.6 is 15.9 Å². The molecule has 0 unspecified atom stereocenters. The average Bonchev–Trinajstić information content (AvgIpc) is 2.41. The molecule has 0 aliphatic rings. The van der Waals surface area contributed by atoms with Gasteiger partial charge in [-0.25, -0.2) is 23.5 Å². The average molecular weight is 344 g/mol. The van der Waals surface area contributed by atoms with Crippen LogP contribution in [0.25, 0.3) is 0 Å². The number of nitrogens with one attached hydrogen (secondary N) is 1. The van der Waals surface area contributed by atoms with Crippen LogP contribution in [0.3, 0.4) is 0 Å². The molecule has 0 atom stereocenters. The molecular weight excluding hydrogens is 336 g/mol. The van der Waals surface area contributed by atoms with Gasteiger partial charge in [-0.3, -0.25) is 0 Å². The van der Waals surface area contributed by atoms with Crippen molar-refractivity contribution in [2.75, 3.05) is 5.32 Å². The molecule has 1 aromatic carbocycles. The van der Waals surface area contributed by atoms with Crippen LogP contribution in [0.4, 0.5) is 14.5 Å². The lowest BCUT2D eigenvalue weighted by Crippen LogP contribution is -2.10. The molecule has 2 aromatic rings. The van der Waals surface area contributed by atoms with Crippen LogP contribution in [-0.4, -0.2) is 21.0 Å². The highest BCUT2D eigenvalue weighted by atomic mass is 79.9. The number of aromatic carboxylic acids is 1. The second-order valence-electron chi connectivity index (χ2n) is 3.79. The maximum Gasteiger partial charge on any atom is 0.339 e. The third-order valence-electron chi connectivity index (χ3n) is 2.48. The van der Waals surface area contributed by atoms with E-state index in [9.17, 15) is 13.6 Å². The largest absolute Gasteiger partial charge is 0.478 e. The quantitative estimate of drug-likeness (QED) is 0.835. The third-order valence-corrected chi connectivity index (χ3v) is 3.09. The van der Waals surface area contributed by atoms with Crippen LogP contribution in [0.1, 0.15) is 16.1 Å². The molecule has 0 aliphatic carbocycles. The van der Waals surface area contributed by atoms with Crippen molar-refractivity contribution in [1.29, 1.82) is 0 Å². The number of rotatable bonds is 4. The van der Waals surface area contributed by atoms with Gasteiger partial charge in [0, 0.05) is 12.3 Å². The van der Waals surface area contributed by atoms with Crippen molar-refractivity contribution < 1.29 is 18.7 Å². The highest BCUT2D eigenvalue weighted by molar-refractivity contribution is 9.10. The molecule has 20 heavy (non-hydrogen) atoms. The monoisotopic (exact) mass is 343 g/mol. The number of nitrogens with zero attached hydrogens (tertiary/aromatic N) is 2. The van der Waals surface area contributed by atoms with Gasteiger partial charge >= 0.3 is 5.97 Å². The van der Waals surface area contributed by atoms with Gasteiger partial charge in [0.2, 0.25) is 0 Å². The van der Waals surface area contributed by atoms with E-state index in [0.717, 1.165) is 12.3 Å². The summed E-state index contributed by atoms with van der Waals surface area (Å²) in [5.41, 5.74) is 0.155. The number of benzene rings is 1. The van der Waals surface area contributed by atoms with E-state index in [1.54, 1.807) is 0 Å². The molecule has 1 heterocycles. The van der Waals surface area contributed by atoms with Gasteiger partial charge in [0.15, 0.2) is 0 Å². The van der Waals surface area contributed by atoms with E-state index in [0.29, 0.717) is 0 Å². The van der Waals surface area contributed by atoms with E-state index >= 15 is 0 Å². The Bertz CT molecular complexity index is 667. The number of aromatic nitrogens is 2. The van der Waals surface area contributed by atoms with Gasteiger partial charge in [0.25, 0.3) is 0 Å². The van der Waals surface area contributed by atoms with E-state index in [1.807, 2.05) is 0 Å². The highest BCUT2D eigenvalue weighted by Crippen LogP contribution is 2.24. The van der Waals surface area contributed by atoms with Crippen LogP contribution in [-0.2, 0) is 6.54 Å². The fourth-order valence-corrected chi connectivity index (χ4v) is 1.85. The molecular formula is C12H8BrF2N3O2. The molecule has 0 radical (unpaired) electrons. The number of anilines is 1. The topological polar surface area (TPSA) is 75.1 Å². The molecule has 2 rings (SSSR count). The van der Waals surface area contributed by atoms with Gasteiger partial charge in [-0.05, 0) is 22.0 Å². The second-order valence-corrected chi connectivity index (χ2v) is 4.64. The summed E-state index contributed by atoms with van der Waals surface area (Å²) in [5.74, 6) is -2.68. The lowest BCUT2D eigenvalue weighted by atomic mass is 10.2. The zero-order chi connectivity index (χ0) is 14.7. The Morgan fingerprint density at radius 3 is 2.80 bits per heavy atom. The van der Waals surface area contributed by atoms with Crippen molar-refractivity contribution in [2.45, 2.75) is 6.54 Å². The summed E-state index contributed by atoms with van der Waals surface area (Å²) < 4.78 is 26.7. The molecule has 0 saturated carbocycles. The Morgan fingerprint density at radius 2 is 2.10 bits per heavy atom. The molecule has 0 amide bonds. The molecule has 0 bridgehead atoms. The standard InChI is InChI=1S/C12H8BrF2N3O2/c13-7-1-10(9(15)2-8(7)14)17-4-11-6(12(19)20)3-16-5-18-11/h1-3,5,17H,4H2,(H,19,20). The van der Waals surface area contributed by atoms with Gasteiger partial charge in [-0.15, -0.1) is 0 Å². The summed E-state index contributed by atoms with van der Waals surface area (Å²) in [7, 11) is 0. The zero-order valence-corrected chi connectivity index (χ0v) is 11.5. The molecule has 0 spiro atoms. The number of halogens is 3. The Labute approximate surface area is 120 Å². The molecule has 5 nitrogen and oxygen atoms in total. The molecule has 0 aliphatic heterocycles. The summed E-state index contributed by atoms with van der Waals surface area (Å²) in [5, 5.41) is 11.6. The summed E-state index contributed by atoms with van der Waals surface area (Å²) in [4.78, 5) is 18.4. The molecule has 1 aromatic heterocycles. The maximum absolute atomic E-state index is 13.5. The van der Waals surface area contributed by atoms with Crippen molar-refractivity contribution in [1.82, 2.24) is 9.97 Å². The first kappa shape index (κ1) is 14.3. The Kier molecular flexibility index (Phi) is 4.23. The first-order valence-corrected chi connectivity index (χ1v) is 6.19. The fraction of sp³-hybridized carbons (Fsp3) is 0.0833. The number of hydrogen-bond donors (Lipinski definition) is 2. The predicted octanol–water partition coefficient (Wildman–Crippen LogP) is 2.83. The molecule has 104 valence electrons. The molecule has 2 N–H and O–H groups in total.